The maximum Gasteiger partial charge on any atom is 0.253 e. The summed E-state index contributed by atoms with van der Waals surface area (Å²) in [6, 6.07) is 1.50. The summed E-state index contributed by atoms with van der Waals surface area (Å²) in [4.78, 5) is 11.9. The minimum Gasteiger partial charge on any atom is -0.388 e. The quantitative estimate of drug-likeness (QED) is 0.788. The van der Waals surface area contributed by atoms with Crippen molar-refractivity contribution < 1.29 is 18.7 Å². The molecule has 0 saturated heterocycles. The number of amides is 1. The lowest BCUT2D eigenvalue weighted by molar-refractivity contribution is 0.0429. The van der Waals surface area contributed by atoms with Crippen LogP contribution >= 0.6 is 11.6 Å². The minimum atomic E-state index is -1.14. The summed E-state index contributed by atoms with van der Waals surface area (Å²) >= 11 is 5.72. The third-order valence-electron chi connectivity index (χ3n) is 3.14. The van der Waals surface area contributed by atoms with Gasteiger partial charge in [0.15, 0.2) is 11.6 Å². The maximum absolute atomic E-state index is 13.1. The largest absolute Gasteiger partial charge is 0.388 e. The molecule has 0 bridgehead atoms. The van der Waals surface area contributed by atoms with Crippen molar-refractivity contribution in [3.63, 3.8) is 0 Å². The monoisotopic (exact) mass is 319 g/mol. The van der Waals surface area contributed by atoms with Crippen molar-refractivity contribution in [1.29, 1.82) is 0 Å². The second-order valence-electron chi connectivity index (χ2n) is 5.86. The Kier molecular flexibility index (Phi) is 6.10. The van der Waals surface area contributed by atoms with Crippen LogP contribution in [0.4, 0.5) is 8.78 Å². The number of rotatable bonds is 6. The lowest BCUT2D eigenvalue weighted by Gasteiger charge is -2.24. The van der Waals surface area contributed by atoms with E-state index in [0.717, 1.165) is 18.6 Å². The summed E-state index contributed by atoms with van der Waals surface area (Å²) in [5, 5.41) is 12.5. The molecule has 1 rings (SSSR count). The standard InChI is InChI=1S/C15H20ClF2NO2/c1-9(2)4-5-15(3,21)8-19-14(20)10-6-12(17)13(18)7-11(10)16/h6-7,9,21H,4-5,8H2,1-3H3,(H,19,20). The first-order valence-corrected chi connectivity index (χ1v) is 7.15. The van der Waals surface area contributed by atoms with E-state index in [9.17, 15) is 18.7 Å². The average molecular weight is 320 g/mol. The predicted octanol–water partition coefficient (Wildman–Crippen LogP) is 3.54. The molecule has 1 aromatic rings. The van der Waals surface area contributed by atoms with Crippen LogP contribution in [0.15, 0.2) is 12.1 Å². The molecular weight excluding hydrogens is 300 g/mol. The summed E-state index contributed by atoms with van der Waals surface area (Å²) < 4.78 is 26.1. The zero-order valence-corrected chi connectivity index (χ0v) is 13.1. The first-order chi connectivity index (χ1) is 9.62. The summed E-state index contributed by atoms with van der Waals surface area (Å²) in [5.74, 6) is -2.46. The van der Waals surface area contributed by atoms with E-state index in [4.69, 9.17) is 11.6 Å². The van der Waals surface area contributed by atoms with E-state index < -0.39 is 23.1 Å². The van der Waals surface area contributed by atoms with E-state index in [1.165, 1.54) is 0 Å². The number of benzene rings is 1. The lowest BCUT2D eigenvalue weighted by Crippen LogP contribution is -2.40. The number of hydrogen-bond donors (Lipinski definition) is 2. The smallest absolute Gasteiger partial charge is 0.253 e. The molecule has 118 valence electrons. The summed E-state index contributed by atoms with van der Waals surface area (Å²) in [6.45, 7) is 5.70. The summed E-state index contributed by atoms with van der Waals surface area (Å²) in [7, 11) is 0. The van der Waals surface area contributed by atoms with Crippen molar-refractivity contribution in [2.75, 3.05) is 6.54 Å². The summed E-state index contributed by atoms with van der Waals surface area (Å²) in [6.07, 6.45) is 1.34. The Labute approximate surface area is 128 Å². The normalized spacial score (nSPS) is 14.1. The third-order valence-corrected chi connectivity index (χ3v) is 3.46. The van der Waals surface area contributed by atoms with E-state index >= 15 is 0 Å². The number of hydrogen-bond acceptors (Lipinski definition) is 2. The van der Waals surface area contributed by atoms with Crippen molar-refractivity contribution in [2.45, 2.75) is 39.2 Å². The second-order valence-corrected chi connectivity index (χ2v) is 6.27. The van der Waals surface area contributed by atoms with Crippen molar-refractivity contribution >= 4 is 17.5 Å². The van der Waals surface area contributed by atoms with Crippen LogP contribution in [0.5, 0.6) is 0 Å². The van der Waals surface area contributed by atoms with Crippen LogP contribution in [0.2, 0.25) is 5.02 Å². The van der Waals surface area contributed by atoms with Crippen LogP contribution in [0.3, 0.4) is 0 Å². The molecule has 0 spiro atoms. The molecule has 0 radical (unpaired) electrons. The van der Waals surface area contributed by atoms with Gasteiger partial charge in [0.05, 0.1) is 16.2 Å². The van der Waals surface area contributed by atoms with E-state index in [0.29, 0.717) is 12.3 Å². The van der Waals surface area contributed by atoms with Crippen molar-refractivity contribution in [3.8, 4) is 0 Å². The van der Waals surface area contributed by atoms with Crippen LogP contribution in [0.25, 0.3) is 0 Å². The topological polar surface area (TPSA) is 49.3 Å². The van der Waals surface area contributed by atoms with Gasteiger partial charge in [-0.1, -0.05) is 25.4 Å². The Hall–Kier alpha value is -1.20. The zero-order chi connectivity index (χ0) is 16.2. The lowest BCUT2D eigenvalue weighted by atomic mass is 9.95. The molecule has 3 nitrogen and oxygen atoms in total. The molecule has 0 aromatic heterocycles. The molecule has 0 aliphatic carbocycles. The predicted molar refractivity (Wildman–Crippen MR) is 78.4 cm³/mol. The van der Waals surface area contributed by atoms with E-state index in [2.05, 4.69) is 5.32 Å². The van der Waals surface area contributed by atoms with Crippen molar-refractivity contribution in [2.24, 2.45) is 5.92 Å². The third kappa shape index (κ3) is 5.59. The van der Waals surface area contributed by atoms with Gasteiger partial charge >= 0.3 is 0 Å². The van der Waals surface area contributed by atoms with Gasteiger partial charge in [0.1, 0.15) is 0 Å². The highest BCUT2D eigenvalue weighted by atomic mass is 35.5. The fourth-order valence-electron chi connectivity index (χ4n) is 1.75. The number of nitrogens with one attached hydrogen (secondary N) is 1. The molecule has 0 saturated carbocycles. The molecule has 1 aromatic carbocycles. The van der Waals surface area contributed by atoms with Gasteiger partial charge in [0.2, 0.25) is 0 Å². The molecule has 6 heteroatoms. The molecule has 0 aliphatic heterocycles. The first kappa shape index (κ1) is 17.9. The van der Waals surface area contributed by atoms with Crippen LogP contribution in [-0.4, -0.2) is 23.2 Å². The second kappa shape index (κ2) is 7.18. The number of carbonyl (C=O) groups excluding carboxylic acids is 1. The van der Waals surface area contributed by atoms with Gasteiger partial charge in [0, 0.05) is 6.54 Å². The van der Waals surface area contributed by atoms with Crippen LogP contribution in [0.1, 0.15) is 44.0 Å². The van der Waals surface area contributed by atoms with Gasteiger partial charge in [-0.2, -0.15) is 0 Å². The fraction of sp³-hybridized carbons (Fsp3) is 0.533. The number of carbonyl (C=O) groups is 1. The zero-order valence-electron chi connectivity index (χ0n) is 12.3. The van der Waals surface area contributed by atoms with E-state index in [1.807, 2.05) is 13.8 Å². The van der Waals surface area contributed by atoms with Gasteiger partial charge in [-0.15, -0.1) is 0 Å². The van der Waals surface area contributed by atoms with Gasteiger partial charge in [-0.3, -0.25) is 4.79 Å². The van der Waals surface area contributed by atoms with Gasteiger partial charge < -0.3 is 10.4 Å². The van der Waals surface area contributed by atoms with Gasteiger partial charge in [-0.25, -0.2) is 8.78 Å². The Morgan fingerprint density at radius 3 is 2.52 bits per heavy atom. The number of halogens is 3. The van der Waals surface area contributed by atoms with Crippen LogP contribution < -0.4 is 5.32 Å². The van der Waals surface area contributed by atoms with E-state index in [-0.39, 0.29) is 17.1 Å². The highest BCUT2D eigenvalue weighted by molar-refractivity contribution is 6.33. The maximum atomic E-state index is 13.1. The molecule has 0 heterocycles. The molecular formula is C15H20ClF2NO2. The van der Waals surface area contributed by atoms with Crippen molar-refractivity contribution in [3.05, 3.63) is 34.4 Å². The Morgan fingerprint density at radius 1 is 1.38 bits per heavy atom. The Balaban J connectivity index is 2.68. The molecule has 1 atom stereocenters. The minimum absolute atomic E-state index is 0.00782. The first-order valence-electron chi connectivity index (χ1n) is 6.77. The van der Waals surface area contributed by atoms with Gasteiger partial charge in [0.25, 0.3) is 5.91 Å². The molecule has 1 unspecified atom stereocenters. The van der Waals surface area contributed by atoms with Gasteiger partial charge in [-0.05, 0) is 37.8 Å². The highest BCUT2D eigenvalue weighted by Gasteiger charge is 2.23. The Morgan fingerprint density at radius 2 is 1.95 bits per heavy atom. The molecule has 2 N–H and O–H groups in total. The Bertz CT molecular complexity index is 519. The van der Waals surface area contributed by atoms with Crippen LogP contribution in [-0.2, 0) is 0 Å². The molecule has 21 heavy (non-hydrogen) atoms. The number of aliphatic hydroxyl groups is 1. The molecule has 0 aliphatic rings. The highest BCUT2D eigenvalue weighted by Crippen LogP contribution is 2.20. The average Bonchev–Trinajstić information content (AvgIpc) is 2.38. The molecule has 0 fully saturated rings. The van der Waals surface area contributed by atoms with Crippen molar-refractivity contribution in [1.82, 2.24) is 5.32 Å². The van der Waals surface area contributed by atoms with E-state index in [1.54, 1.807) is 6.92 Å². The molecule has 1 amide bonds. The SMILES string of the molecule is CC(C)CCC(C)(O)CNC(=O)c1cc(F)c(F)cc1Cl. The van der Waals surface area contributed by atoms with Crippen LogP contribution in [0, 0.1) is 17.6 Å². The summed E-state index contributed by atoms with van der Waals surface area (Å²) in [5.41, 5.74) is -1.22. The fourth-order valence-corrected chi connectivity index (χ4v) is 1.99.